The maximum absolute atomic E-state index is 13.3. The van der Waals surface area contributed by atoms with Crippen LogP contribution in [0.15, 0.2) is 48.7 Å². The van der Waals surface area contributed by atoms with Crippen LogP contribution in [0, 0.1) is 5.82 Å². The number of hydrogen-bond acceptors (Lipinski definition) is 6. The van der Waals surface area contributed by atoms with Gasteiger partial charge in [-0.05, 0) is 36.8 Å². The highest BCUT2D eigenvalue weighted by atomic mass is 35.5. The number of nitrogens with one attached hydrogen (secondary N) is 2. The predicted octanol–water partition coefficient (Wildman–Crippen LogP) is 3.65. The number of carbonyl (C=O) groups is 3. The topological polar surface area (TPSA) is 105 Å². The fraction of sp³-hybridized carbons (Fsp3) is 0.136. The van der Waals surface area contributed by atoms with Gasteiger partial charge in [-0.2, -0.15) is 5.10 Å². The van der Waals surface area contributed by atoms with Crippen LogP contribution >= 0.6 is 22.9 Å². The molecule has 2 N–H and O–H groups in total. The number of fused-ring (bicyclic) bond motifs is 1. The van der Waals surface area contributed by atoms with Gasteiger partial charge in [-0.25, -0.2) is 13.9 Å². The number of nitrogens with zero attached hydrogens (tertiary/aromatic N) is 3. The van der Waals surface area contributed by atoms with Gasteiger partial charge in [0.1, 0.15) is 17.2 Å². The van der Waals surface area contributed by atoms with E-state index in [1.165, 1.54) is 53.2 Å². The standard InChI is InChI=1S/C22H17ClFN5O3S/c1-12(30)19-5-3-14(33-19)11-26-22(32)18-9-17(28-20-6-7-27-29(18)20)21(31)25-10-13-2-4-16(24)15(23)8-13/h2-9H,10-11H2,1H3,(H,25,31)(H,26,32). The molecule has 2 amide bonds. The molecule has 0 saturated carbocycles. The number of carbonyl (C=O) groups excluding carboxylic acids is 3. The summed E-state index contributed by atoms with van der Waals surface area (Å²) in [6.45, 7) is 1.80. The quantitative estimate of drug-likeness (QED) is 0.389. The number of benzene rings is 1. The van der Waals surface area contributed by atoms with Crippen LogP contribution < -0.4 is 10.6 Å². The van der Waals surface area contributed by atoms with Crippen molar-refractivity contribution >= 4 is 46.2 Å². The van der Waals surface area contributed by atoms with Crippen LogP contribution in [0.25, 0.3) is 5.65 Å². The zero-order valence-corrected chi connectivity index (χ0v) is 18.8. The minimum atomic E-state index is -0.546. The van der Waals surface area contributed by atoms with Crippen molar-refractivity contribution < 1.29 is 18.8 Å². The van der Waals surface area contributed by atoms with E-state index in [2.05, 4.69) is 20.7 Å². The van der Waals surface area contributed by atoms with Gasteiger partial charge in [0, 0.05) is 23.6 Å². The molecule has 4 rings (SSSR count). The Bertz CT molecular complexity index is 1380. The van der Waals surface area contributed by atoms with E-state index in [1.54, 1.807) is 18.2 Å². The van der Waals surface area contributed by atoms with Crippen LogP contribution in [-0.2, 0) is 13.1 Å². The van der Waals surface area contributed by atoms with Crippen molar-refractivity contribution in [3.05, 3.63) is 86.2 Å². The van der Waals surface area contributed by atoms with Crippen LogP contribution in [0.2, 0.25) is 5.02 Å². The van der Waals surface area contributed by atoms with Crippen LogP contribution in [-0.4, -0.2) is 32.2 Å². The highest BCUT2D eigenvalue weighted by molar-refractivity contribution is 7.14. The second-order valence-electron chi connectivity index (χ2n) is 7.06. The molecular weight excluding hydrogens is 469 g/mol. The molecule has 0 radical (unpaired) electrons. The molecule has 0 atom stereocenters. The van der Waals surface area contributed by atoms with Crippen LogP contribution in [0.1, 0.15) is 48.0 Å². The van der Waals surface area contributed by atoms with Gasteiger partial charge in [0.25, 0.3) is 11.8 Å². The zero-order chi connectivity index (χ0) is 23.5. The Hall–Kier alpha value is -3.63. The molecule has 0 aliphatic heterocycles. The Morgan fingerprint density at radius 2 is 1.85 bits per heavy atom. The molecule has 0 saturated heterocycles. The molecule has 0 aliphatic rings. The summed E-state index contributed by atoms with van der Waals surface area (Å²) in [5.41, 5.74) is 1.09. The lowest BCUT2D eigenvalue weighted by atomic mass is 10.2. The van der Waals surface area contributed by atoms with Crippen molar-refractivity contribution in [2.24, 2.45) is 0 Å². The minimum Gasteiger partial charge on any atom is -0.347 e. The van der Waals surface area contributed by atoms with E-state index in [0.717, 1.165) is 4.88 Å². The number of aromatic nitrogens is 3. The van der Waals surface area contributed by atoms with E-state index in [-0.39, 0.29) is 35.3 Å². The zero-order valence-electron chi connectivity index (χ0n) is 17.3. The summed E-state index contributed by atoms with van der Waals surface area (Å²) in [5.74, 6) is -1.56. The monoisotopic (exact) mass is 485 g/mol. The van der Waals surface area contributed by atoms with Crippen LogP contribution in [0.3, 0.4) is 0 Å². The fourth-order valence-electron chi connectivity index (χ4n) is 3.03. The first-order valence-corrected chi connectivity index (χ1v) is 11.0. The second-order valence-corrected chi connectivity index (χ2v) is 8.64. The summed E-state index contributed by atoms with van der Waals surface area (Å²) >= 11 is 7.08. The number of amides is 2. The number of halogens is 2. The van der Waals surface area contributed by atoms with Crippen LogP contribution in [0.4, 0.5) is 4.39 Å². The van der Waals surface area contributed by atoms with Gasteiger partial charge in [-0.3, -0.25) is 14.4 Å². The van der Waals surface area contributed by atoms with Crippen molar-refractivity contribution in [3.63, 3.8) is 0 Å². The highest BCUT2D eigenvalue weighted by Gasteiger charge is 2.18. The van der Waals surface area contributed by atoms with Crippen molar-refractivity contribution in [1.29, 1.82) is 0 Å². The van der Waals surface area contributed by atoms with Crippen LogP contribution in [0.5, 0.6) is 0 Å². The Labute approximate surface area is 196 Å². The Balaban J connectivity index is 1.50. The third-order valence-corrected chi connectivity index (χ3v) is 6.17. The number of Topliss-reactive ketones (excluding diaryl/α,β-unsaturated/α-hetero) is 1. The summed E-state index contributed by atoms with van der Waals surface area (Å²) in [7, 11) is 0. The lowest BCUT2D eigenvalue weighted by Crippen LogP contribution is -2.28. The lowest BCUT2D eigenvalue weighted by Gasteiger charge is -2.09. The maximum atomic E-state index is 13.3. The van der Waals surface area contributed by atoms with E-state index >= 15 is 0 Å². The largest absolute Gasteiger partial charge is 0.347 e. The van der Waals surface area contributed by atoms with E-state index in [9.17, 15) is 18.8 Å². The smallest absolute Gasteiger partial charge is 0.270 e. The third-order valence-electron chi connectivity index (χ3n) is 4.69. The van der Waals surface area contributed by atoms with Gasteiger partial charge in [0.05, 0.1) is 22.6 Å². The summed E-state index contributed by atoms with van der Waals surface area (Å²) in [5, 5.41) is 9.52. The third kappa shape index (κ3) is 5.07. The molecular formula is C22H17ClFN5O3S. The molecule has 11 heteroatoms. The van der Waals surface area contributed by atoms with Gasteiger partial charge in [-0.1, -0.05) is 17.7 Å². The molecule has 0 fully saturated rings. The molecule has 0 aliphatic carbocycles. The normalized spacial score (nSPS) is 10.9. The van der Waals surface area contributed by atoms with E-state index in [4.69, 9.17) is 11.6 Å². The van der Waals surface area contributed by atoms with Gasteiger partial charge < -0.3 is 10.6 Å². The van der Waals surface area contributed by atoms with Crippen molar-refractivity contribution in [2.75, 3.05) is 0 Å². The summed E-state index contributed by atoms with van der Waals surface area (Å²) < 4.78 is 14.7. The highest BCUT2D eigenvalue weighted by Crippen LogP contribution is 2.18. The van der Waals surface area contributed by atoms with E-state index in [0.29, 0.717) is 16.1 Å². The first-order chi connectivity index (χ1) is 15.8. The van der Waals surface area contributed by atoms with Gasteiger partial charge in [0.15, 0.2) is 11.4 Å². The Morgan fingerprint density at radius 3 is 2.58 bits per heavy atom. The van der Waals surface area contributed by atoms with Crippen molar-refractivity contribution in [2.45, 2.75) is 20.0 Å². The Morgan fingerprint density at radius 1 is 1.06 bits per heavy atom. The summed E-state index contributed by atoms with van der Waals surface area (Å²) in [6.07, 6.45) is 1.47. The average molecular weight is 486 g/mol. The molecule has 168 valence electrons. The molecule has 4 aromatic rings. The van der Waals surface area contributed by atoms with Crippen molar-refractivity contribution in [1.82, 2.24) is 25.2 Å². The molecule has 8 nitrogen and oxygen atoms in total. The summed E-state index contributed by atoms with van der Waals surface area (Å²) in [4.78, 5) is 42.7. The number of rotatable bonds is 7. The average Bonchev–Trinajstić information content (AvgIpc) is 3.47. The molecule has 3 heterocycles. The van der Waals surface area contributed by atoms with Gasteiger partial charge in [0.2, 0.25) is 0 Å². The fourth-order valence-corrected chi connectivity index (χ4v) is 4.08. The van der Waals surface area contributed by atoms with Gasteiger partial charge >= 0.3 is 0 Å². The molecule has 0 unspecified atom stereocenters. The maximum Gasteiger partial charge on any atom is 0.270 e. The first-order valence-electron chi connectivity index (χ1n) is 9.76. The number of hydrogen-bond donors (Lipinski definition) is 2. The van der Waals surface area contributed by atoms with Gasteiger partial charge in [-0.15, -0.1) is 11.3 Å². The summed E-state index contributed by atoms with van der Waals surface area (Å²) in [6, 6.07) is 10.6. The lowest BCUT2D eigenvalue weighted by molar-refractivity contribution is 0.0941. The van der Waals surface area contributed by atoms with E-state index in [1.807, 2.05) is 0 Å². The van der Waals surface area contributed by atoms with Crippen molar-refractivity contribution in [3.8, 4) is 0 Å². The first kappa shape index (κ1) is 22.6. The number of thiophene rings is 1. The predicted molar refractivity (Wildman–Crippen MR) is 121 cm³/mol. The van der Waals surface area contributed by atoms with E-state index < -0.39 is 17.6 Å². The minimum absolute atomic E-state index is 0.0244. The molecule has 0 bridgehead atoms. The number of ketones is 1. The molecule has 3 aromatic heterocycles. The molecule has 0 spiro atoms. The second kappa shape index (κ2) is 9.47. The molecule has 33 heavy (non-hydrogen) atoms. The molecule has 1 aromatic carbocycles. The SMILES string of the molecule is CC(=O)c1ccc(CNC(=O)c2cc(C(=O)NCc3ccc(F)c(Cl)c3)nc3ccnn23)s1. The Kier molecular flexibility index (Phi) is 6.47.